The molecule has 3 aromatic rings. The molecular formula is C34H37F5O3. The molecule has 2 fully saturated rings. The third-order valence-electron chi connectivity index (χ3n) is 8.59. The van der Waals surface area contributed by atoms with Gasteiger partial charge in [0.25, 0.3) is 0 Å². The van der Waals surface area contributed by atoms with Gasteiger partial charge in [-0.2, -0.15) is 8.78 Å². The lowest BCUT2D eigenvalue weighted by atomic mass is 9.74. The first-order chi connectivity index (χ1) is 20.2. The normalized spacial score (nSPS) is 23.1. The van der Waals surface area contributed by atoms with Gasteiger partial charge in [-0.3, -0.25) is 0 Å². The van der Waals surface area contributed by atoms with Gasteiger partial charge in [0.2, 0.25) is 0 Å². The lowest BCUT2D eigenvalue weighted by Gasteiger charge is -2.38. The Morgan fingerprint density at radius 3 is 2.12 bits per heavy atom. The van der Waals surface area contributed by atoms with Crippen LogP contribution in [0.1, 0.15) is 86.3 Å². The molecule has 0 aromatic heterocycles. The van der Waals surface area contributed by atoms with Crippen LogP contribution in [0.2, 0.25) is 0 Å². The standard InChI is InChI=1S/C34H37F5O3/c1-2-3-4-5-22-6-13-27(14-7-22)34(38,39)42-28-15-16-29(31(36)19-28)24-10-8-23(9-11-24)26-20-40-33(41-21-26)25-12-17-30(35)32(37)18-25/h6-7,12-19,23-24,26,33H,2-5,8-11,20-21H2,1H3. The molecule has 0 unspecified atom stereocenters. The number of unbranched alkanes of at least 4 members (excludes halogenated alkanes) is 2. The first-order valence-corrected chi connectivity index (χ1v) is 14.9. The van der Waals surface area contributed by atoms with E-state index in [1.807, 2.05) is 0 Å². The molecule has 1 aliphatic heterocycles. The largest absolute Gasteiger partial charge is 0.429 e. The van der Waals surface area contributed by atoms with Crippen molar-refractivity contribution in [3.05, 3.63) is 100 Å². The van der Waals surface area contributed by atoms with E-state index in [9.17, 15) is 17.6 Å². The Labute approximate surface area is 244 Å². The molecule has 226 valence electrons. The number of halogens is 5. The van der Waals surface area contributed by atoms with Gasteiger partial charge in [-0.15, -0.1) is 0 Å². The van der Waals surface area contributed by atoms with Crippen LogP contribution in [0.25, 0.3) is 0 Å². The van der Waals surface area contributed by atoms with Crippen molar-refractivity contribution in [2.24, 2.45) is 11.8 Å². The molecule has 0 amide bonds. The number of ether oxygens (including phenoxy) is 3. The zero-order chi connectivity index (χ0) is 29.7. The highest BCUT2D eigenvalue weighted by Gasteiger charge is 2.36. The molecule has 3 aromatic carbocycles. The van der Waals surface area contributed by atoms with Crippen LogP contribution in [-0.4, -0.2) is 13.2 Å². The molecule has 1 saturated heterocycles. The van der Waals surface area contributed by atoms with Crippen molar-refractivity contribution in [2.75, 3.05) is 13.2 Å². The van der Waals surface area contributed by atoms with Gasteiger partial charge in [0.15, 0.2) is 17.9 Å². The molecule has 0 bridgehead atoms. The Morgan fingerprint density at radius 1 is 0.762 bits per heavy atom. The molecule has 5 rings (SSSR count). The van der Waals surface area contributed by atoms with Crippen LogP contribution in [0, 0.1) is 29.3 Å². The maximum atomic E-state index is 15.1. The second-order valence-electron chi connectivity index (χ2n) is 11.5. The predicted molar refractivity (Wildman–Crippen MR) is 150 cm³/mol. The average molecular weight is 589 g/mol. The fourth-order valence-corrected chi connectivity index (χ4v) is 6.10. The fourth-order valence-electron chi connectivity index (χ4n) is 6.10. The van der Waals surface area contributed by atoms with Gasteiger partial charge in [0.05, 0.1) is 18.8 Å². The molecule has 42 heavy (non-hydrogen) atoms. The summed E-state index contributed by atoms with van der Waals surface area (Å²) >= 11 is 0. The molecule has 1 heterocycles. The van der Waals surface area contributed by atoms with E-state index in [4.69, 9.17) is 14.2 Å². The van der Waals surface area contributed by atoms with Gasteiger partial charge in [0, 0.05) is 17.5 Å². The second-order valence-corrected chi connectivity index (χ2v) is 11.5. The minimum absolute atomic E-state index is 0.0172. The summed E-state index contributed by atoms with van der Waals surface area (Å²) in [5.74, 6) is -2.15. The topological polar surface area (TPSA) is 27.7 Å². The van der Waals surface area contributed by atoms with Gasteiger partial charge < -0.3 is 14.2 Å². The third kappa shape index (κ3) is 7.32. The van der Waals surface area contributed by atoms with E-state index in [1.54, 1.807) is 18.2 Å². The maximum absolute atomic E-state index is 15.1. The third-order valence-corrected chi connectivity index (χ3v) is 8.59. The molecule has 0 atom stereocenters. The number of hydrogen-bond acceptors (Lipinski definition) is 3. The van der Waals surface area contributed by atoms with Gasteiger partial charge in [-0.1, -0.05) is 44.0 Å². The van der Waals surface area contributed by atoms with Crippen molar-refractivity contribution in [1.29, 1.82) is 0 Å². The Morgan fingerprint density at radius 2 is 1.48 bits per heavy atom. The molecule has 0 spiro atoms. The van der Waals surface area contributed by atoms with E-state index < -0.39 is 29.9 Å². The SMILES string of the molecule is CCCCCc1ccc(C(F)(F)Oc2ccc(C3CCC(C4COC(c5ccc(F)c(F)c5)OC4)CC3)c(F)c2)cc1. The summed E-state index contributed by atoms with van der Waals surface area (Å²) < 4.78 is 88.2. The van der Waals surface area contributed by atoms with Crippen LogP contribution in [-0.2, 0) is 22.0 Å². The number of alkyl halides is 2. The van der Waals surface area contributed by atoms with Crippen molar-refractivity contribution in [1.82, 2.24) is 0 Å². The van der Waals surface area contributed by atoms with Gasteiger partial charge in [-0.25, -0.2) is 13.2 Å². The van der Waals surface area contributed by atoms with Gasteiger partial charge in [-0.05, 0) is 91.8 Å². The monoisotopic (exact) mass is 588 g/mol. The van der Waals surface area contributed by atoms with Crippen molar-refractivity contribution in [3.63, 3.8) is 0 Å². The second kappa shape index (κ2) is 13.6. The van der Waals surface area contributed by atoms with Crippen molar-refractivity contribution < 1.29 is 36.2 Å². The Kier molecular flexibility index (Phi) is 9.84. The zero-order valence-corrected chi connectivity index (χ0v) is 23.8. The fraction of sp³-hybridized carbons (Fsp3) is 0.471. The predicted octanol–water partition coefficient (Wildman–Crippen LogP) is 9.60. The molecule has 8 heteroatoms. The first-order valence-electron chi connectivity index (χ1n) is 14.9. The van der Waals surface area contributed by atoms with Crippen molar-refractivity contribution in [3.8, 4) is 5.75 Å². The maximum Gasteiger partial charge on any atom is 0.426 e. The van der Waals surface area contributed by atoms with Crippen molar-refractivity contribution >= 4 is 0 Å². The Hall–Kier alpha value is -2.97. The van der Waals surface area contributed by atoms with E-state index in [1.165, 1.54) is 24.3 Å². The molecular weight excluding hydrogens is 551 g/mol. The van der Waals surface area contributed by atoms with Crippen LogP contribution < -0.4 is 4.74 Å². The summed E-state index contributed by atoms with van der Waals surface area (Å²) in [7, 11) is 0. The number of benzene rings is 3. The van der Waals surface area contributed by atoms with Gasteiger partial charge >= 0.3 is 6.11 Å². The van der Waals surface area contributed by atoms with E-state index in [0.29, 0.717) is 30.3 Å². The van der Waals surface area contributed by atoms with E-state index in [2.05, 4.69) is 6.92 Å². The highest BCUT2D eigenvalue weighted by atomic mass is 19.3. The minimum Gasteiger partial charge on any atom is -0.429 e. The quantitative estimate of drug-likeness (QED) is 0.174. The molecule has 0 radical (unpaired) electrons. The average Bonchev–Trinajstić information content (AvgIpc) is 2.99. The summed E-state index contributed by atoms with van der Waals surface area (Å²) in [6, 6.07) is 13.7. The number of hydrogen-bond donors (Lipinski definition) is 0. The summed E-state index contributed by atoms with van der Waals surface area (Å²) in [5.41, 5.74) is 1.68. The Balaban J connectivity index is 1.12. The molecule has 3 nitrogen and oxygen atoms in total. The molecule has 1 saturated carbocycles. The summed E-state index contributed by atoms with van der Waals surface area (Å²) in [6.07, 6.45) is 2.95. The first kappa shape index (κ1) is 30.5. The van der Waals surface area contributed by atoms with Crippen LogP contribution in [0.5, 0.6) is 5.75 Å². The smallest absolute Gasteiger partial charge is 0.426 e. The van der Waals surface area contributed by atoms with Gasteiger partial charge in [0.1, 0.15) is 11.6 Å². The van der Waals surface area contributed by atoms with Crippen LogP contribution in [0.15, 0.2) is 60.7 Å². The Bertz CT molecular complexity index is 1310. The van der Waals surface area contributed by atoms with E-state index in [-0.39, 0.29) is 23.1 Å². The summed E-state index contributed by atoms with van der Waals surface area (Å²) in [5, 5.41) is 0. The minimum atomic E-state index is -3.58. The molecule has 0 N–H and O–H groups in total. The highest BCUT2D eigenvalue weighted by molar-refractivity contribution is 5.33. The van der Waals surface area contributed by atoms with Crippen LogP contribution in [0.3, 0.4) is 0 Å². The van der Waals surface area contributed by atoms with Crippen LogP contribution >= 0.6 is 0 Å². The van der Waals surface area contributed by atoms with Crippen LogP contribution in [0.4, 0.5) is 22.0 Å². The summed E-state index contributed by atoms with van der Waals surface area (Å²) in [6.45, 7) is 2.99. The van der Waals surface area contributed by atoms with E-state index >= 15 is 4.39 Å². The molecule has 1 aliphatic carbocycles. The van der Waals surface area contributed by atoms with E-state index in [0.717, 1.165) is 75.1 Å². The lowest BCUT2D eigenvalue weighted by Crippen LogP contribution is -2.34. The lowest BCUT2D eigenvalue weighted by molar-refractivity contribution is -0.214. The molecule has 2 aliphatic rings. The number of aryl methyl sites for hydroxylation is 1. The van der Waals surface area contributed by atoms with Crippen molar-refractivity contribution in [2.45, 2.75) is 76.6 Å². The highest BCUT2D eigenvalue weighted by Crippen LogP contribution is 2.42. The number of rotatable bonds is 10. The summed E-state index contributed by atoms with van der Waals surface area (Å²) in [4.78, 5) is 0. The zero-order valence-electron chi connectivity index (χ0n) is 23.8.